The van der Waals surface area contributed by atoms with Gasteiger partial charge in [0.15, 0.2) is 11.0 Å². The fourth-order valence-corrected chi connectivity index (χ4v) is 4.15. The molecule has 0 aliphatic carbocycles. The maximum atomic E-state index is 12.7. The quantitative estimate of drug-likeness (QED) is 0.251. The van der Waals surface area contributed by atoms with Crippen molar-refractivity contribution in [1.82, 2.24) is 20.1 Å². The minimum Gasteiger partial charge on any atom is -0.465 e. The van der Waals surface area contributed by atoms with Crippen molar-refractivity contribution in [1.29, 1.82) is 0 Å². The van der Waals surface area contributed by atoms with Crippen molar-refractivity contribution in [2.75, 3.05) is 18.2 Å². The summed E-state index contributed by atoms with van der Waals surface area (Å²) in [5.74, 6) is -0.477. The molecule has 2 aromatic carbocycles. The molecule has 0 aliphatic rings. The maximum Gasteiger partial charge on any atom is 0.339 e. The summed E-state index contributed by atoms with van der Waals surface area (Å²) in [7, 11) is 1.28. The highest BCUT2D eigenvalue weighted by atomic mass is 32.2. The Morgan fingerprint density at radius 2 is 1.80 bits per heavy atom. The van der Waals surface area contributed by atoms with E-state index in [1.54, 1.807) is 41.0 Å². The van der Waals surface area contributed by atoms with Crippen molar-refractivity contribution >= 4 is 35.2 Å². The maximum absolute atomic E-state index is 12.7. The van der Waals surface area contributed by atoms with Crippen molar-refractivity contribution in [3.63, 3.8) is 0 Å². The Morgan fingerprint density at radius 3 is 2.49 bits per heavy atom. The van der Waals surface area contributed by atoms with E-state index in [9.17, 15) is 14.4 Å². The van der Waals surface area contributed by atoms with Gasteiger partial charge in [-0.1, -0.05) is 48.2 Å². The fraction of sp³-hybridized carbons (Fsp3) is 0.240. The molecule has 0 radical (unpaired) electrons. The van der Waals surface area contributed by atoms with Crippen LogP contribution in [0.4, 0.5) is 5.69 Å². The number of carbonyl (C=O) groups excluding carboxylic acids is 3. The Bertz CT molecular complexity index is 1240. The number of methoxy groups -OCH3 is 1. The first-order chi connectivity index (χ1) is 16.8. The van der Waals surface area contributed by atoms with Crippen LogP contribution in [-0.2, 0) is 16.1 Å². The van der Waals surface area contributed by atoms with Crippen molar-refractivity contribution in [2.24, 2.45) is 0 Å². The number of aromatic nitrogens is 3. The van der Waals surface area contributed by atoms with Gasteiger partial charge in [0.05, 0.1) is 30.2 Å². The van der Waals surface area contributed by atoms with Crippen LogP contribution in [0.5, 0.6) is 0 Å². The van der Waals surface area contributed by atoms with Crippen LogP contribution in [0, 0.1) is 6.92 Å². The Hall–Kier alpha value is -3.92. The third-order valence-corrected chi connectivity index (χ3v) is 6.09. The van der Waals surface area contributed by atoms with Crippen LogP contribution < -0.4 is 10.6 Å². The van der Waals surface area contributed by atoms with Crippen molar-refractivity contribution in [3.05, 3.63) is 83.7 Å². The Labute approximate surface area is 208 Å². The summed E-state index contributed by atoms with van der Waals surface area (Å²) in [4.78, 5) is 37.2. The zero-order chi connectivity index (χ0) is 25.4. The highest BCUT2D eigenvalue weighted by Gasteiger charge is 2.21. The number of anilines is 1. The second-order valence-electron chi connectivity index (χ2n) is 7.62. The number of hydrogen-bond donors (Lipinski definition) is 2. The van der Waals surface area contributed by atoms with Crippen molar-refractivity contribution in [3.8, 4) is 0 Å². The predicted octanol–water partition coefficient (Wildman–Crippen LogP) is 3.78. The molecule has 0 saturated heterocycles. The molecule has 0 bridgehead atoms. The van der Waals surface area contributed by atoms with Gasteiger partial charge in [-0.25, -0.2) is 4.79 Å². The van der Waals surface area contributed by atoms with Crippen LogP contribution in [0.2, 0.25) is 0 Å². The standard InChI is InChI=1S/C25H27N5O4S/c1-5-14-30-22(17(3)26-23(32)18-11-7-6-10-16(18)2)28-29-25(30)35-15-21(31)27-20-13-9-8-12-19(20)24(33)34-4/h5-13,17H,1,14-15H2,2-4H3,(H,26,32)(H,27,31)/t17-/m1/s1. The van der Waals surface area contributed by atoms with E-state index >= 15 is 0 Å². The third kappa shape index (κ3) is 6.36. The molecule has 2 amide bonds. The van der Waals surface area contributed by atoms with Crippen LogP contribution in [0.3, 0.4) is 0 Å². The number of thioether (sulfide) groups is 1. The lowest BCUT2D eigenvalue weighted by Gasteiger charge is -2.16. The number of para-hydroxylation sites is 1. The summed E-state index contributed by atoms with van der Waals surface area (Å²) >= 11 is 1.19. The molecule has 3 aromatic rings. The van der Waals surface area contributed by atoms with Crippen LogP contribution in [0.25, 0.3) is 0 Å². The molecule has 1 atom stereocenters. The van der Waals surface area contributed by atoms with Crippen LogP contribution in [-0.4, -0.2) is 45.4 Å². The van der Waals surface area contributed by atoms with Gasteiger partial charge in [0.2, 0.25) is 5.91 Å². The van der Waals surface area contributed by atoms with E-state index in [0.717, 1.165) is 5.56 Å². The van der Waals surface area contributed by atoms with E-state index in [2.05, 4.69) is 27.4 Å². The predicted molar refractivity (Wildman–Crippen MR) is 134 cm³/mol. The van der Waals surface area contributed by atoms with Crippen LogP contribution in [0.1, 0.15) is 45.1 Å². The van der Waals surface area contributed by atoms with E-state index in [1.807, 2.05) is 32.0 Å². The number of nitrogens with one attached hydrogen (secondary N) is 2. The monoisotopic (exact) mass is 493 g/mol. The molecule has 2 N–H and O–H groups in total. The van der Waals surface area contributed by atoms with Gasteiger partial charge in [0.1, 0.15) is 0 Å². The van der Waals surface area contributed by atoms with Crippen molar-refractivity contribution < 1.29 is 19.1 Å². The number of benzene rings is 2. The summed E-state index contributed by atoms with van der Waals surface area (Å²) in [5.41, 5.74) is 2.10. The molecular formula is C25H27N5O4S. The minimum atomic E-state index is -0.536. The number of hydrogen-bond acceptors (Lipinski definition) is 7. The lowest BCUT2D eigenvalue weighted by atomic mass is 10.1. The summed E-state index contributed by atoms with van der Waals surface area (Å²) < 4.78 is 6.56. The fourth-order valence-electron chi connectivity index (χ4n) is 3.39. The molecule has 182 valence electrons. The molecule has 0 aliphatic heterocycles. The topological polar surface area (TPSA) is 115 Å². The molecule has 0 spiro atoms. The molecular weight excluding hydrogens is 466 g/mol. The van der Waals surface area contributed by atoms with Gasteiger partial charge in [-0.2, -0.15) is 0 Å². The largest absolute Gasteiger partial charge is 0.465 e. The number of ether oxygens (including phenoxy) is 1. The second kappa shape index (κ2) is 12.0. The summed E-state index contributed by atoms with van der Waals surface area (Å²) in [6.45, 7) is 7.89. The summed E-state index contributed by atoms with van der Waals surface area (Å²) in [5, 5.41) is 14.7. The number of aryl methyl sites for hydroxylation is 1. The number of rotatable bonds is 10. The molecule has 1 aromatic heterocycles. The molecule has 0 fully saturated rings. The first-order valence-electron chi connectivity index (χ1n) is 10.9. The van der Waals surface area contributed by atoms with Gasteiger partial charge in [-0.3, -0.25) is 9.59 Å². The first-order valence-corrected chi connectivity index (χ1v) is 11.8. The van der Waals surface area contributed by atoms with Gasteiger partial charge in [-0.05, 0) is 37.6 Å². The zero-order valence-corrected chi connectivity index (χ0v) is 20.6. The number of esters is 1. The van der Waals surface area contributed by atoms with Gasteiger partial charge >= 0.3 is 5.97 Å². The molecule has 9 nitrogen and oxygen atoms in total. The van der Waals surface area contributed by atoms with Gasteiger partial charge in [0, 0.05) is 12.1 Å². The van der Waals surface area contributed by atoms with E-state index in [-0.39, 0.29) is 23.1 Å². The number of carbonyl (C=O) groups is 3. The normalized spacial score (nSPS) is 11.4. The minimum absolute atomic E-state index is 0.0364. The Morgan fingerprint density at radius 1 is 1.11 bits per heavy atom. The summed E-state index contributed by atoms with van der Waals surface area (Å²) in [6.07, 6.45) is 1.69. The second-order valence-corrected chi connectivity index (χ2v) is 8.57. The number of allylic oxidation sites excluding steroid dienone is 1. The number of amides is 2. The van der Waals surface area contributed by atoms with Gasteiger partial charge in [0.25, 0.3) is 5.91 Å². The van der Waals surface area contributed by atoms with Crippen LogP contribution in [0.15, 0.2) is 66.3 Å². The lowest BCUT2D eigenvalue weighted by molar-refractivity contribution is -0.113. The molecule has 10 heteroatoms. The molecule has 0 unspecified atom stereocenters. The number of nitrogens with zero attached hydrogens (tertiary/aromatic N) is 3. The molecule has 35 heavy (non-hydrogen) atoms. The molecule has 1 heterocycles. The van der Waals surface area contributed by atoms with Crippen molar-refractivity contribution in [2.45, 2.75) is 31.6 Å². The highest BCUT2D eigenvalue weighted by molar-refractivity contribution is 7.99. The SMILES string of the molecule is C=CCn1c(SCC(=O)Nc2ccccc2C(=O)OC)nnc1[C@@H](C)NC(=O)c1ccccc1C. The van der Waals surface area contributed by atoms with E-state index in [0.29, 0.717) is 28.8 Å². The molecule has 0 saturated carbocycles. The van der Waals surface area contributed by atoms with Gasteiger partial charge in [-0.15, -0.1) is 16.8 Å². The van der Waals surface area contributed by atoms with E-state index < -0.39 is 12.0 Å². The molecule has 3 rings (SSSR count). The first kappa shape index (κ1) is 25.7. The van der Waals surface area contributed by atoms with Crippen LogP contribution >= 0.6 is 11.8 Å². The highest BCUT2D eigenvalue weighted by Crippen LogP contribution is 2.22. The average Bonchev–Trinajstić information content (AvgIpc) is 3.25. The van der Waals surface area contributed by atoms with Gasteiger partial charge < -0.3 is 19.9 Å². The third-order valence-electron chi connectivity index (χ3n) is 5.12. The van der Waals surface area contributed by atoms with E-state index in [1.165, 1.54) is 18.9 Å². The Kier molecular flexibility index (Phi) is 8.80. The zero-order valence-electron chi connectivity index (χ0n) is 19.8. The average molecular weight is 494 g/mol. The summed E-state index contributed by atoms with van der Waals surface area (Å²) in [6, 6.07) is 13.5. The lowest BCUT2D eigenvalue weighted by Crippen LogP contribution is -2.29. The smallest absolute Gasteiger partial charge is 0.339 e. The van der Waals surface area contributed by atoms with E-state index in [4.69, 9.17) is 4.74 Å². The Balaban J connectivity index is 1.69.